The van der Waals surface area contributed by atoms with Crippen LogP contribution in [0, 0.1) is 0 Å². The summed E-state index contributed by atoms with van der Waals surface area (Å²) in [6.07, 6.45) is 5.18. The number of aromatic nitrogens is 1. The first-order valence-electron chi connectivity index (χ1n) is 14.3. The van der Waals surface area contributed by atoms with Crippen molar-refractivity contribution in [2.75, 3.05) is 32.7 Å². The lowest BCUT2D eigenvalue weighted by Crippen LogP contribution is -2.50. The zero-order valence-electron chi connectivity index (χ0n) is 22.9. The van der Waals surface area contributed by atoms with Crippen LogP contribution in [0.2, 0.25) is 5.02 Å². The maximum atomic E-state index is 13.2. The number of nitrogens with zero attached hydrogens (tertiary/aromatic N) is 2. The Morgan fingerprint density at radius 3 is 2.73 bits per heavy atom. The number of fused-ring (bicyclic) bond motifs is 2. The Bertz CT molecular complexity index is 1470. The van der Waals surface area contributed by atoms with Gasteiger partial charge in [-0.15, -0.1) is 0 Å². The van der Waals surface area contributed by atoms with Gasteiger partial charge in [-0.2, -0.15) is 0 Å². The molecule has 2 aromatic carbocycles. The van der Waals surface area contributed by atoms with Crippen molar-refractivity contribution in [2.45, 2.75) is 57.4 Å². The normalized spacial score (nSPS) is 18.9. The summed E-state index contributed by atoms with van der Waals surface area (Å²) in [5, 5.41) is 15.5. The van der Waals surface area contributed by atoms with E-state index in [1.54, 1.807) is 12.3 Å². The molecule has 2 aromatic heterocycles. The van der Waals surface area contributed by atoms with Crippen LogP contribution in [0.1, 0.15) is 48.7 Å². The Labute approximate surface area is 239 Å². The van der Waals surface area contributed by atoms with E-state index < -0.39 is 0 Å². The average molecular weight is 565 g/mol. The molecule has 2 aliphatic heterocycles. The van der Waals surface area contributed by atoms with E-state index >= 15 is 0 Å². The van der Waals surface area contributed by atoms with E-state index in [1.165, 1.54) is 0 Å². The van der Waals surface area contributed by atoms with Crippen LogP contribution in [0.3, 0.4) is 0 Å². The largest absolute Gasteiger partial charge is 0.488 e. The van der Waals surface area contributed by atoms with Crippen LogP contribution < -0.4 is 10.1 Å². The van der Waals surface area contributed by atoms with Gasteiger partial charge in [0, 0.05) is 71.7 Å². The van der Waals surface area contributed by atoms with Gasteiger partial charge in [0.25, 0.3) is 5.91 Å². The molecular weight excluding hydrogens is 528 g/mol. The van der Waals surface area contributed by atoms with Crippen LogP contribution in [-0.4, -0.2) is 76.7 Å². The van der Waals surface area contributed by atoms with Crippen molar-refractivity contribution in [1.29, 1.82) is 0 Å². The number of halogens is 1. The van der Waals surface area contributed by atoms with E-state index in [2.05, 4.69) is 27.0 Å². The monoisotopic (exact) mass is 564 g/mol. The summed E-state index contributed by atoms with van der Waals surface area (Å²) in [6, 6.07) is 13.9. The molecule has 4 heterocycles. The van der Waals surface area contributed by atoms with Crippen LogP contribution in [0.25, 0.3) is 21.9 Å². The number of amides is 1. The molecule has 1 amide bonds. The van der Waals surface area contributed by atoms with Crippen LogP contribution in [0.5, 0.6) is 5.75 Å². The third kappa shape index (κ3) is 6.00. The molecule has 212 valence electrons. The summed E-state index contributed by atoms with van der Waals surface area (Å²) in [7, 11) is 0. The fraction of sp³-hybridized carbons (Fsp3) is 0.452. The van der Waals surface area contributed by atoms with Crippen molar-refractivity contribution in [2.24, 2.45) is 0 Å². The lowest BCUT2D eigenvalue weighted by Gasteiger charge is -2.39. The van der Waals surface area contributed by atoms with Crippen molar-refractivity contribution in [3.8, 4) is 5.75 Å². The molecule has 0 radical (unpaired) electrons. The number of H-pyrrole nitrogens is 1. The standard InChI is InChI=1S/C31H37ClN4O4/c1-20(36-13-9-24(37)10-14-36)17-35-11-7-23(8-12-35)33-31(38)28-16-26-27(34-28)3-2-4-29(26)39-18-21-19-40-30-15-22(32)5-6-25(21)30/h2-6,15-16,19-20,23-24,34,37H,7-14,17-18H2,1H3,(H,33,38)/t20-/m0/s1. The minimum atomic E-state index is -0.137. The van der Waals surface area contributed by atoms with E-state index in [-0.39, 0.29) is 18.1 Å². The van der Waals surface area contributed by atoms with Crippen LogP contribution >= 0.6 is 11.6 Å². The number of hydrogen-bond acceptors (Lipinski definition) is 6. The van der Waals surface area contributed by atoms with Crippen molar-refractivity contribution < 1.29 is 19.1 Å². The number of carbonyl (C=O) groups is 1. The number of likely N-dealkylation sites (tertiary alicyclic amines) is 2. The number of ether oxygens (including phenoxy) is 1. The van der Waals surface area contributed by atoms with Crippen LogP contribution in [-0.2, 0) is 6.61 Å². The number of aliphatic hydroxyl groups excluding tert-OH is 1. The molecule has 8 nitrogen and oxygen atoms in total. The van der Waals surface area contributed by atoms with E-state index in [0.29, 0.717) is 29.1 Å². The predicted octanol–water partition coefficient (Wildman–Crippen LogP) is 5.19. The number of piperidine rings is 2. The third-order valence-corrected chi connectivity index (χ3v) is 8.67. The molecule has 40 heavy (non-hydrogen) atoms. The smallest absolute Gasteiger partial charge is 0.267 e. The Morgan fingerprint density at radius 2 is 1.93 bits per heavy atom. The SMILES string of the molecule is C[C@@H](CN1CCC(NC(=O)c2cc3c(OCc4coc5cc(Cl)ccc45)cccc3[nH]2)CC1)N1CCC(O)CC1. The van der Waals surface area contributed by atoms with Crippen molar-refractivity contribution >= 4 is 39.4 Å². The van der Waals surface area contributed by atoms with Gasteiger partial charge in [-0.1, -0.05) is 17.7 Å². The summed E-state index contributed by atoms with van der Waals surface area (Å²) in [5.41, 5.74) is 3.07. The average Bonchev–Trinajstić information content (AvgIpc) is 3.57. The Hall–Kier alpha value is -3.04. The minimum absolute atomic E-state index is 0.0847. The van der Waals surface area contributed by atoms with Crippen LogP contribution in [0.15, 0.2) is 53.1 Å². The highest BCUT2D eigenvalue weighted by molar-refractivity contribution is 6.31. The molecule has 2 saturated heterocycles. The van der Waals surface area contributed by atoms with E-state index in [4.69, 9.17) is 20.8 Å². The summed E-state index contributed by atoms with van der Waals surface area (Å²) in [4.78, 5) is 21.4. The molecule has 2 aliphatic rings. The number of aromatic amines is 1. The second-order valence-electron chi connectivity index (χ2n) is 11.3. The van der Waals surface area contributed by atoms with Crippen molar-refractivity contribution in [3.05, 3.63) is 65.0 Å². The van der Waals surface area contributed by atoms with E-state index in [1.807, 2.05) is 36.4 Å². The molecule has 0 spiro atoms. The number of furan rings is 1. The summed E-state index contributed by atoms with van der Waals surface area (Å²) in [6.45, 7) is 7.56. The fourth-order valence-electron chi connectivity index (χ4n) is 6.04. The van der Waals surface area contributed by atoms with Crippen molar-refractivity contribution in [3.63, 3.8) is 0 Å². The van der Waals surface area contributed by atoms with Gasteiger partial charge in [0.15, 0.2) is 0 Å². The Morgan fingerprint density at radius 1 is 1.12 bits per heavy atom. The minimum Gasteiger partial charge on any atom is -0.488 e. The highest BCUT2D eigenvalue weighted by atomic mass is 35.5. The number of aliphatic hydroxyl groups is 1. The molecule has 3 N–H and O–H groups in total. The fourth-order valence-corrected chi connectivity index (χ4v) is 6.20. The molecule has 0 bridgehead atoms. The Kier molecular flexibility index (Phi) is 8.03. The predicted molar refractivity (Wildman–Crippen MR) is 157 cm³/mol. The summed E-state index contributed by atoms with van der Waals surface area (Å²) >= 11 is 6.07. The van der Waals surface area contributed by atoms with Gasteiger partial charge in [-0.05, 0) is 69.0 Å². The number of nitrogens with one attached hydrogen (secondary N) is 2. The number of carbonyl (C=O) groups excluding carboxylic acids is 1. The molecule has 1 atom stereocenters. The lowest BCUT2D eigenvalue weighted by molar-refractivity contribution is 0.0497. The van der Waals surface area contributed by atoms with E-state index in [0.717, 1.165) is 85.8 Å². The van der Waals surface area contributed by atoms with Gasteiger partial charge in [-0.3, -0.25) is 9.69 Å². The number of benzene rings is 2. The van der Waals surface area contributed by atoms with Gasteiger partial charge in [-0.25, -0.2) is 0 Å². The van der Waals surface area contributed by atoms with Crippen molar-refractivity contribution in [1.82, 2.24) is 20.1 Å². The van der Waals surface area contributed by atoms with Gasteiger partial charge < -0.3 is 29.5 Å². The molecule has 0 aliphatic carbocycles. The second-order valence-corrected chi connectivity index (χ2v) is 11.7. The maximum absolute atomic E-state index is 13.2. The maximum Gasteiger partial charge on any atom is 0.267 e. The molecule has 0 saturated carbocycles. The highest BCUT2D eigenvalue weighted by Gasteiger charge is 2.26. The zero-order valence-corrected chi connectivity index (χ0v) is 23.6. The Balaban J connectivity index is 1.03. The van der Waals surface area contributed by atoms with E-state index in [9.17, 15) is 9.90 Å². The first-order valence-corrected chi connectivity index (χ1v) is 14.7. The number of hydrogen-bond donors (Lipinski definition) is 3. The van der Waals surface area contributed by atoms with Gasteiger partial charge in [0.1, 0.15) is 23.6 Å². The summed E-state index contributed by atoms with van der Waals surface area (Å²) in [5.74, 6) is 0.625. The topological polar surface area (TPSA) is 94.0 Å². The molecule has 4 aromatic rings. The molecular formula is C31H37ClN4O4. The molecule has 2 fully saturated rings. The summed E-state index contributed by atoms with van der Waals surface area (Å²) < 4.78 is 11.8. The first kappa shape index (κ1) is 27.1. The molecule has 0 unspecified atom stereocenters. The second kappa shape index (κ2) is 11.8. The molecule has 6 rings (SSSR count). The first-order chi connectivity index (χ1) is 19.4. The molecule has 9 heteroatoms. The van der Waals surface area contributed by atoms with Gasteiger partial charge in [0.05, 0.1) is 12.4 Å². The lowest BCUT2D eigenvalue weighted by atomic mass is 10.0. The third-order valence-electron chi connectivity index (χ3n) is 8.44. The zero-order chi connectivity index (χ0) is 27.6. The van der Waals surface area contributed by atoms with Gasteiger partial charge >= 0.3 is 0 Å². The quantitative estimate of drug-likeness (QED) is 0.273. The number of rotatable bonds is 8. The van der Waals surface area contributed by atoms with Crippen LogP contribution in [0.4, 0.5) is 0 Å². The highest BCUT2D eigenvalue weighted by Crippen LogP contribution is 2.30. The van der Waals surface area contributed by atoms with Gasteiger partial charge in [0.2, 0.25) is 0 Å².